The van der Waals surface area contributed by atoms with Gasteiger partial charge >= 0.3 is 0 Å². The molecular formula is C17H26ClNOS. The molecule has 1 aliphatic carbocycles. The van der Waals surface area contributed by atoms with Crippen molar-refractivity contribution >= 4 is 22.4 Å². The molecule has 1 aromatic rings. The second-order valence-corrected chi connectivity index (χ2v) is 7.94. The Morgan fingerprint density at radius 1 is 1.14 bits per heavy atom. The van der Waals surface area contributed by atoms with E-state index in [2.05, 4.69) is 12.2 Å². The fraction of sp³-hybridized carbons (Fsp3) is 0.647. The molecule has 0 bridgehead atoms. The van der Waals surface area contributed by atoms with E-state index < -0.39 is 10.8 Å². The van der Waals surface area contributed by atoms with Crippen LogP contribution in [0.5, 0.6) is 0 Å². The predicted octanol–water partition coefficient (Wildman–Crippen LogP) is 4.29. The van der Waals surface area contributed by atoms with Gasteiger partial charge < -0.3 is 5.32 Å². The number of benzene rings is 1. The number of hydrogen-bond acceptors (Lipinski definition) is 2. The van der Waals surface area contributed by atoms with Gasteiger partial charge in [0, 0.05) is 27.6 Å². The fourth-order valence-electron chi connectivity index (χ4n) is 3.11. The molecule has 0 saturated heterocycles. The maximum Gasteiger partial charge on any atom is 0.0504 e. The van der Waals surface area contributed by atoms with Crippen molar-refractivity contribution in [3.8, 4) is 0 Å². The summed E-state index contributed by atoms with van der Waals surface area (Å²) < 4.78 is 12.8. The molecule has 1 saturated carbocycles. The molecule has 1 aromatic carbocycles. The summed E-state index contributed by atoms with van der Waals surface area (Å²) in [6.45, 7) is 3.09. The zero-order valence-corrected chi connectivity index (χ0v) is 14.4. The molecule has 1 fully saturated rings. The first-order valence-corrected chi connectivity index (χ1v) is 9.81. The van der Waals surface area contributed by atoms with E-state index >= 15 is 0 Å². The number of nitrogens with one attached hydrogen (secondary N) is 1. The van der Waals surface area contributed by atoms with Crippen LogP contribution in [0, 0.1) is 0 Å². The summed E-state index contributed by atoms with van der Waals surface area (Å²) in [5.74, 6) is 0.643. The Hall–Kier alpha value is -0.380. The highest BCUT2D eigenvalue weighted by Gasteiger charge is 2.27. The van der Waals surface area contributed by atoms with Gasteiger partial charge in [0.05, 0.1) is 5.25 Å². The van der Waals surface area contributed by atoms with E-state index in [9.17, 15) is 4.21 Å². The van der Waals surface area contributed by atoms with Crippen LogP contribution < -0.4 is 5.32 Å². The van der Waals surface area contributed by atoms with Crippen LogP contribution in [-0.4, -0.2) is 22.0 Å². The van der Waals surface area contributed by atoms with E-state index in [1.165, 1.54) is 25.7 Å². The average Bonchev–Trinajstić information content (AvgIpc) is 2.44. The molecule has 3 unspecified atom stereocenters. The van der Waals surface area contributed by atoms with Crippen molar-refractivity contribution in [3.63, 3.8) is 0 Å². The van der Waals surface area contributed by atoms with Gasteiger partial charge in [0.25, 0.3) is 0 Å². The number of hydrogen-bond donors (Lipinski definition) is 1. The van der Waals surface area contributed by atoms with Crippen LogP contribution in [0.25, 0.3) is 0 Å². The summed E-state index contributed by atoms with van der Waals surface area (Å²) in [6, 6.07) is 8.15. The summed E-state index contributed by atoms with van der Waals surface area (Å²) in [4.78, 5) is 0. The van der Waals surface area contributed by atoms with Crippen LogP contribution >= 0.6 is 11.6 Å². The lowest BCUT2D eigenvalue weighted by Crippen LogP contribution is -2.43. The normalized spacial score (nSPS) is 25.0. The monoisotopic (exact) mass is 327 g/mol. The Labute approximate surface area is 136 Å². The van der Waals surface area contributed by atoms with Crippen molar-refractivity contribution in [3.05, 3.63) is 34.9 Å². The molecule has 0 radical (unpaired) electrons. The quantitative estimate of drug-likeness (QED) is 0.874. The number of halogens is 1. The Morgan fingerprint density at radius 2 is 1.81 bits per heavy atom. The SMILES string of the molecule is CCNC1CCCCCCC1S(=O)Cc1ccc(Cl)cc1. The van der Waals surface area contributed by atoms with Crippen LogP contribution in [0.15, 0.2) is 24.3 Å². The Bertz CT molecular complexity index is 449. The van der Waals surface area contributed by atoms with E-state index in [1.807, 2.05) is 24.3 Å². The molecule has 118 valence electrons. The van der Waals surface area contributed by atoms with Gasteiger partial charge in [0.1, 0.15) is 0 Å². The van der Waals surface area contributed by atoms with Crippen LogP contribution in [0.1, 0.15) is 51.0 Å². The predicted molar refractivity (Wildman–Crippen MR) is 92.3 cm³/mol. The van der Waals surface area contributed by atoms with E-state index in [4.69, 9.17) is 11.6 Å². The molecular weight excluding hydrogens is 302 g/mol. The van der Waals surface area contributed by atoms with Gasteiger partial charge in [-0.3, -0.25) is 4.21 Å². The van der Waals surface area contributed by atoms with Gasteiger partial charge in [0.2, 0.25) is 0 Å². The molecule has 3 atom stereocenters. The molecule has 2 nitrogen and oxygen atoms in total. The summed E-state index contributed by atoms with van der Waals surface area (Å²) in [6.07, 6.45) is 7.31. The van der Waals surface area contributed by atoms with Gasteiger partial charge in [-0.05, 0) is 37.1 Å². The molecule has 0 spiro atoms. The molecule has 0 heterocycles. The topological polar surface area (TPSA) is 29.1 Å². The maximum atomic E-state index is 12.8. The van der Waals surface area contributed by atoms with Crippen molar-refractivity contribution in [1.82, 2.24) is 5.32 Å². The molecule has 0 aromatic heterocycles. The minimum atomic E-state index is -0.820. The highest BCUT2D eigenvalue weighted by Crippen LogP contribution is 2.23. The first-order chi connectivity index (χ1) is 10.2. The molecule has 2 rings (SSSR count). The summed E-state index contributed by atoms with van der Waals surface area (Å²) in [7, 11) is -0.820. The minimum absolute atomic E-state index is 0.279. The van der Waals surface area contributed by atoms with E-state index in [0.717, 1.165) is 30.0 Å². The standard InChI is InChI=1S/C17H26ClNOS/c1-2-19-16-7-5-3-4-6-8-17(16)21(20)13-14-9-11-15(18)12-10-14/h9-12,16-17,19H,2-8,13H2,1H3. The minimum Gasteiger partial charge on any atom is -0.313 e. The smallest absolute Gasteiger partial charge is 0.0504 e. The van der Waals surface area contributed by atoms with Crippen molar-refractivity contribution in [1.29, 1.82) is 0 Å². The van der Waals surface area contributed by atoms with Gasteiger partial charge in [-0.15, -0.1) is 0 Å². The van der Waals surface area contributed by atoms with Crippen molar-refractivity contribution in [2.45, 2.75) is 62.5 Å². The highest BCUT2D eigenvalue weighted by molar-refractivity contribution is 7.84. The lowest BCUT2D eigenvalue weighted by molar-refractivity contribution is 0.400. The maximum absolute atomic E-state index is 12.8. The first kappa shape index (κ1) is 17.0. The van der Waals surface area contributed by atoms with Crippen molar-refractivity contribution < 1.29 is 4.21 Å². The molecule has 0 aliphatic heterocycles. The molecule has 1 N–H and O–H groups in total. The fourth-order valence-corrected chi connectivity index (χ4v) is 5.00. The van der Waals surface area contributed by atoms with Crippen LogP contribution in [0.3, 0.4) is 0 Å². The van der Waals surface area contributed by atoms with Crippen molar-refractivity contribution in [2.75, 3.05) is 6.54 Å². The zero-order valence-electron chi connectivity index (χ0n) is 12.8. The second-order valence-electron chi connectivity index (χ2n) is 5.85. The van der Waals surface area contributed by atoms with Crippen LogP contribution in [0.4, 0.5) is 0 Å². The third-order valence-electron chi connectivity index (χ3n) is 4.23. The second kappa shape index (κ2) is 8.92. The first-order valence-electron chi connectivity index (χ1n) is 8.05. The highest BCUT2D eigenvalue weighted by atomic mass is 35.5. The molecule has 1 aliphatic rings. The lowest BCUT2D eigenvalue weighted by Gasteiger charge is -2.29. The Kier molecular flexibility index (Phi) is 7.21. The van der Waals surface area contributed by atoms with E-state index in [1.54, 1.807) is 0 Å². The zero-order chi connectivity index (χ0) is 15.1. The van der Waals surface area contributed by atoms with Gasteiger partial charge in [0.15, 0.2) is 0 Å². The Morgan fingerprint density at radius 3 is 2.48 bits per heavy atom. The third kappa shape index (κ3) is 5.39. The van der Waals surface area contributed by atoms with E-state index in [0.29, 0.717) is 11.8 Å². The van der Waals surface area contributed by atoms with Crippen molar-refractivity contribution in [2.24, 2.45) is 0 Å². The largest absolute Gasteiger partial charge is 0.313 e. The van der Waals surface area contributed by atoms with E-state index in [-0.39, 0.29) is 5.25 Å². The van der Waals surface area contributed by atoms with Crippen LogP contribution in [0.2, 0.25) is 5.02 Å². The number of rotatable bonds is 5. The molecule has 0 amide bonds. The average molecular weight is 328 g/mol. The lowest BCUT2D eigenvalue weighted by atomic mass is 9.96. The third-order valence-corrected chi connectivity index (χ3v) is 6.34. The molecule has 4 heteroatoms. The molecule has 21 heavy (non-hydrogen) atoms. The van der Waals surface area contributed by atoms with Gasteiger partial charge in [-0.2, -0.15) is 0 Å². The summed E-state index contributed by atoms with van der Waals surface area (Å²) in [5.41, 5.74) is 1.12. The van der Waals surface area contributed by atoms with Gasteiger partial charge in [-0.25, -0.2) is 0 Å². The Balaban J connectivity index is 2.03. The summed E-state index contributed by atoms with van der Waals surface area (Å²) in [5, 5.41) is 4.58. The van der Waals surface area contributed by atoms with Crippen LogP contribution in [-0.2, 0) is 16.6 Å². The van der Waals surface area contributed by atoms with Gasteiger partial charge in [-0.1, -0.05) is 56.3 Å². The summed E-state index contributed by atoms with van der Waals surface area (Å²) >= 11 is 5.92.